The number of amides is 1. The van der Waals surface area contributed by atoms with Crippen LogP contribution in [0, 0.1) is 5.92 Å². The van der Waals surface area contributed by atoms with E-state index in [4.69, 9.17) is 5.11 Å². The molecule has 1 heterocycles. The third kappa shape index (κ3) is 4.30. The number of fused-ring (bicyclic) bond motifs is 1. The molecule has 1 aliphatic heterocycles. The van der Waals surface area contributed by atoms with Gasteiger partial charge in [0.15, 0.2) is 0 Å². The average molecular weight is 363 g/mol. The van der Waals surface area contributed by atoms with Crippen LogP contribution in [0.1, 0.15) is 19.8 Å². The fourth-order valence-corrected chi connectivity index (χ4v) is 3.27. The molecule has 2 aromatic carbocycles. The van der Waals surface area contributed by atoms with E-state index < -0.39 is 5.97 Å². The van der Waals surface area contributed by atoms with Gasteiger partial charge >= 0.3 is 5.97 Å². The minimum Gasteiger partial charge on any atom is -0.481 e. The van der Waals surface area contributed by atoms with Crippen LogP contribution in [0.25, 0.3) is 10.8 Å². The zero-order valence-electron chi connectivity index (χ0n) is 14.1. The first-order valence-corrected chi connectivity index (χ1v) is 8.32. The maximum absolute atomic E-state index is 12.6. The molecule has 5 nitrogen and oxygen atoms in total. The summed E-state index contributed by atoms with van der Waals surface area (Å²) in [6, 6.07) is 13.5. The predicted molar refractivity (Wildman–Crippen MR) is 101 cm³/mol. The number of nitrogens with one attached hydrogen (secondary N) is 1. The Bertz CT molecular complexity index is 752. The second-order valence-corrected chi connectivity index (χ2v) is 6.34. The molecule has 0 radical (unpaired) electrons. The van der Waals surface area contributed by atoms with E-state index in [9.17, 15) is 9.59 Å². The van der Waals surface area contributed by atoms with E-state index in [1.165, 1.54) is 0 Å². The van der Waals surface area contributed by atoms with Gasteiger partial charge in [-0.2, -0.15) is 0 Å². The minimum absolute atomic E-state index is 0. The molecular weight excluding hydrogens is 340 g/mol. The standard InChI is InChI=1S/C19H22N2O3.ClH/c1-13(21-11-9-15(10-12-21)19(23)24)18(22)20-17-8-4-6-14-5-2-3-7-16(14)17;/h2-8,13,15H,9-12H2,1H3,(H,20,22)(H,23,24);1H. The summed E-state index contributed by atoms with van der Waals surface area (Å²) in [5.74, 6) is -1.07. The lowest BCUT2D eigenvalue weighted by molar-refractivity contribution is -0.143. The number of carbonyl (C=O) groups is 2. The molecule has 1 unspecified atom stereocenters. The van der Waals surface area contributed by atoms with Crippen LogP contribution < -0.4 is 5.32 Å². The summed E-state index contributed by atoms with van der Waals surface area (Å²) in [7, 11) is 0. The molecule has 0 bridgehead atoms. The molecule has 2 N–H and O–H groups in total. The average Bonchev–Trinajstić information content (AvgIpc) is 2.61. The van der Waals surface area contributed by atoms with E-state index in [0.717, 1.165) is 16.5 Å². The maximum atomic E-state index is 12.6. The smallest absolute Gasteiger partial charge is 0.306 e. The first-order chi connectivity index (χ1) is 11.6. The first kappa shape index (κ1) is 19.2. The highest BCUT2D eigenvalue weighted by Crippen LogP contribution is 2.24. The molecule has 134 valence electrons. The van der Waals surface area contributed by atoms with Crippen molar-refractivity contribution in [2.75, 3.05) is 18.4 Å². The van der Waals surface area contributed by atoms with Crippen LogP contribution in [-0.2, 0) is 9.59 Å². The molecule has 0 aliphatic carbocycles. The molecule has 1 aliphatic rings. The normalized spacial score (nSPS) is 16.8. The highest BCUT2D eigenvalue weighted by molar-refractivity contribution is 6.03. The molecular formula is C19H23ClN2O3. The van der Waals surface area contributed by atoms with Crippen LogP contribution in [0.2, 0.25) is 0 Å². The lowest BCUT2D eigenvalue weighted by Gasteiger charge is -2.33. The molecule has 6 heteroatoms. The first-order valence-electron chi connectivity index (χ1n) is 8.32. The highest BCUT2D eigenvalue weighted by atomic mass is 35.5. The van der Waals surface area contributed by atoms with Crippen molar-refractivity contribution in [2.45, 2.75) is 25.8 Å². The number of aliphatic carboxylic acids is 1. The van der Waals surface area contributed by atoms with Crippen LogP contribution in [0.3, 0.4) is 0 Å². The van der Waals surface area contributed by atoms with Crippen molar-refractivity contribution in [3.05, 3.63) is 42.5 Å². The van der Waals surface area contributed by atoms with Gasteiger partial charge in [-0.3, -0.25) is 14.5 Å². The zero-order valence-corrected chi connectivity index (χ0v) is 15.0. The molecule has 0 aromatic heterocycles. The Balaban J connectivity index is 0.00000225. The van der Waals surface area contributed by atoms with Crippen molar-refractivity contribution >= 4 is 40.7 Å². The number of carbonyl (C=O) groups excluding carboxylic acids is 1. The van der Waals surface area contributed by atoms with Gasteiger partial charge in [0, 0.05) is 11.1 Å². The lowest BCUT2D eigenvalue weighted by atomic mass is 9.96. The van der Waals surface area contributed by atoms with Gasteiger partial charge in [-0.15, -0.1) is 12.4 Å². The second-order valence-electron chi connectivity index (χ2n) is 6.34. The molecule has 1 amide bonds. The Morgan fingerprint density at radius 3 is 2.44 bits per heavy atom. The quantitative estimate of drug-likeness (QED) is 0.874. The molecule has 2 aromatic rings. The lowest BCUT2D eigenvalue weighted by Crippen LogP contribution is -2.47. The molecule has 1 atom stereocenters. The third-order valence-corrected chi connectivity index (χ3v) is 4.85. The zero-order chi connectivity index (χ0) is 17.1. The van der Waals surface area contributed by atoms with Gasteiger partial charge in [0.1, 0.15) is 0 Å². The SMILES string of the molecule is CC(C(=O)Nc1cccc2ccccc12)N1CCC(C(=O)O)CC1.Cl. The van der Waals surface area contributed by atoms with Crippen molar-refractivity contribution in [1.82, 2.24) is 4.90 Å². The van der Waals surface area contributed by atoms with Crippen molar-refractivity contribution in [3.8, 4) is 0 Å². The molecule has 0 spiro atoms. The van der Waals surface area contributed by atoms with Gasteiger partial charge in [-0.25, -0.2) is 0 Å². The summed E-state index contributed by atoms with van der Waals surface area (Å²) in [5, 5.41) is 14.2. The molecule has 1 fully saturated rings. The summed E-state index contributed by atoms with van der Waals surface area (Å²) in [5.41, 5.74) is 0.811. The third-order valence-electron chi connectivity index (χ3n) is 4.85. The number of carboxylic acids is 1. The summed E-state index contributed by atoms with van der Waals surface area (Å²) in [6.07, 6.45) is 1.20. The number of halogens is 1. The Morgan fingerprint density at radius 1 is 1.12 bits per heavy atom. The van der Waals surface area contributed by atoms with E-state index in [0.29, 0.717) is 25.9 Å². The highest BCUT2D eigenvalue weighted by Gasteiger charge is 2.29. The second kappa shape index (κ2) is 8.32. The fourth-order valence-electron chi connectivity index (χ4n) is 3.27. The van der Waals surface area contributed by atoms with Crippen LogP contribution in [-0.4, -0.2) is 41.0 Å². The maximum Gasteiger partial charge on any atom is 0.306 e. The molecule has 25 heavy (non-hydrogen) atoms. The monoisotopic (exact) mass is 362 g/mol. The van der Waals surface area contributed by atoms with Crippen LogP contribution in [0.15, 0.2) is 42.5 Å². The van der Waals surface area contributed by atoms with Crippen LogP contribution >= 0.6 is 12.4 Å². The van der Waals surface area contributed by atoms with Crippen molar-refractivity contribution in [1.29, 1.82) is 0 Å². The van der Waals surface area contributed by atoms with Gasteiger partial charge in [-0.1, -0.05) is 36.4 Å². The number of hydrogen-bond acceptors (Lipinski definition) is 3. The number of anilines is 1. The molecule has 0 saturated carbocycles. The number of benzene rings is 2. The molecule has 3 rings (SSSR count). The van der Waals surface area contributed by atoms with Crippen LogP contribution in [0.4, 0.5) is 5.69 Å². The van der Waals surface area contributed by atoms with E-state index in [1.54, 1.807) is 0 Å². The summed E-state index contributed by atoms with van der Waals surface area (Å²) in [4.78, 5) is 25.7. The van der Waals surface area contributed by atoms with Crippen molar-refractivity contribution < 1.29 is 14.7 Å². The summed E-state index contributed by atoms with van der Waals surface area (Å²) >= 11 is 0. The topological polar surface area (TPSA) is 69.6 Å². The summed E-state index contributed by atoms with van der Waals surface area (Å²) in [6.45, 7) is 3.16. The van der Waals surface area contributed by atoms with Gasteiger partial charge in [0.2, 0.25) is 5.91 Å². The molecule has 1 saturated heterocycles. The Morgan fingerprint density at radius 2 is 1.76 bits per heavy atom. The van der Waals surface area contributed by atoms with Gasteiger partial charge in [0.25, 0.3) is 0 Å². The van der Waals surface area contributed by atoms with E-state index in [1.807, 2.05) is 49.4 Å². The predicted octanol–water partition coefficient (Wildman–Crippen LogP) is 3.39. The number of rotatable bonds is 4. The van der Waals surface area contributed by atoms with Gasteiger partial charge in [0.05, 0.1) is 12.0 Å². The Hall–Kier alpha value is -2.11. The number of likely N-dealkylation sites (tertiary alicyclic amines) is 1. The number of carboxylic acid groups (broad SMARTS) is 1. The van der Waals surface area contributed by atoms with Gasteiger partial charge in [-0.05, 0) is 44.3 Å². The number of hydrogen-bond donors (Lipinski definition) is 2. The van der Waals surface area contributed by atoms with Crippen LogP contribution in [0.5, 0.6) is 0 Å². The fraction of sp³-hybridized carbons (Fsp3) is 0.368. The van der Waals surface area contributed by atoms with Crippen molar-refractivity contribution in [2.24, 2.45) is 5.92 Å². The van der Waals surface area contributed by atoms with Gasteiger partial charge < -0.3 is 10.4 Å². The number of piperidine rings is 1. The van der Waals surface area contributed by atoms with E-state index in [-0.39, 0.29) is 30.3 Å². The summed E-state index contributed by atoms with van der Waals surface area (Å²) < 4.78 is 0. The minimum atomic E-state index is -0.734. The Labute approximate surface area is 153 Å². The number of nitrogens with zero attached hydrogens (tertiary/aromatic N) is 1. The Kier molecular flexibility index (Phi) is 6.39. The largest absolute Gasteiger partial charge is 0.481 e. The van der Waals surface area contributed by atoms with E-state index in [2.05, 4.69) is 10.2 Å². The van der Waals surface area contributed by atoms with Crippen molar-refractivity contribution in [3.63, 3.8) is 0 Å². The van der Waals surface area contributed by atoms with E-state index >= 15 is 0 Å².